The van der Waals surface area contributed by atoms with Gasteiger partial charge < -0.3 is 15.8 Å². The van der Waals surface area contributed by atoms with Gasteiger partial charge in [0, 0.05) is 13.2 Å². The van der Waals surface area contributed by atoms with E-state index in [1.807, 2.05) is 6.92 Å². The lowest BCUT2D eigenvalue weighted by atomic mass is 10.2. The molecule has 0 heterocycles. The van der Waals surface area contributed by atoms with E-state index in [-0.39, 0.29) is 5.82 Å². The van der Waals surface area contributed by atoms with Gasteiger partial charge in [-0.3, -0.25) is 0 Å². The van der Waals surface area contributed by atoms with E-state index in [4.69, 9.17) is 10.5 Å². The molecule has 0 fully saturated rings. The van der Waals surface area contributed by atoms with Gasteiger partial charge in [0.1, 0.15) is 5.82 Å². The molecule has 0 unspecified atom stereocenters. The first-order valence-corrected chi connectivity index (χ1v) is 5.02. The number of rotatable bonds is 5. The van der Waals surface area contributed by atoms with Crippen molar-refractivity contribution >= 4 is 11.4 Å². The highest BCUT2D eigenvalue weighted by molar-refractivity contribution is 5.67. The van der Waals surface area contributed by atoms with E-state index in [1.54, 1.807) is 13.0 Å². The molecule has 84 valence electrons. The predicted molar refractivity (Wildman–Crippen MR) is 60.5 cm³/mol. The van der Waals surface area contributed by atoms with Crippen LogP contribution in [0.4, 0.5) is 15.8 Å². The van der Waals surface area contributed by atoms with Crippen molar-refractivity contribution in [2.75, 3.05) is 30.8 Å². The Hall–Kier alpha value is -1.29. The summed E-state index contributed by atoms with van der Waals surface area (Å²) in [5, 5.41) is 3.10. The molecule has 1 aromatic carbocycles. The SMILES string of the molecule is CCOCCNc1cc(C)c(F)cc1N. The first kappa shape index (κ1) is 11.8. The molecule has 4 heteroatoms. The number of nitrogen functional groups attached to an aromatic ring is 1. The summed E-state index contributed by atoms with van der Waals surface area (Å²) in [5.74, 6) is -0.275. The number of aryl methyl sites for hydroxylation is 1. The fourth-order valence-corrected chi connectivity index (χ4v) is 1.25. The van der Waals surface area contributed by atoms with E-state index in [0.29, 0.717) is 31.0 Å². The number of halogens is 1. The number of ether oxygens (including phenoxy) is 1. The maximum atomic E-state index is 13.1. The molecule has 1 rings (SSSR count). The fraction of sp³-hybridized carbons (Fsp3) is 0.455. The van der Waals surface area contributed by atoms with Crippen LogP contribution < -0.4 is 11.1 Å². The molecule has 0 aliphatic heterocycles. The molecular weight excluding hydrogens is 195 g/mol. The summed E-state index contributed by atoms with van der Waals surface area (Å²) < 4.78 is 18.2. The van der Waals surface area contributed by atoms with Crippen LogP contribution >= 0.6 is 0 Å². The third kappa shape index (κ3) is 3.40. The van der Waals surface area contributed by atoms with E-state index in [9.17, 15) is 4.39 Å². The van der Waals surface area contributed by atoms with Crippen LogP contribution in [0.2, 0.25) is 0 Å². The first-order chi connectivity index (χ1) is 7.15. The van der Waals surface area contributed by atoms with Gasteiger partial charge in [0.05, 0.1) is 18.0 Å². The molecule has 15 heavy (non-hydrogen) atoms. The number of hydrogen-bond acceptors (Lipinski definition) is 3. The predicted octanol–water partition coefficient (Wildman–Crippen LogP) is 2.16. The number of nitrogens with one attached hydrogen (secondary N) is 1. The summed E-state index contributed by atoms with van der Waals surface area (Å²) in [6.07, 6.45) is 0. The lowest BCUT2D eigenvalue weighted by molar-refractivity contribution is 0.158. The quantitative estimate of drug-likeness (QED) is 0.581. The zero-order chi connectivity index (χ0) is 11.3. The summed E-state index contributed by atoms with van der Waals surface area (Å²) >= 11 is 0. The van der Waals surface area contributed by atoms with Gasteiger partial charge in [0.2, 0.25) is 0 Å². The smallest absolute Gasteiger partial charge is 0.128 e. The van der Waals surface area contributed by atoms with Gasteiger partial charge in [0.15, 0.2) is 0 Å². The summed E-state index contributed by atoms with van der Waals surface area (Å²) in [6, 6.07) is 3.04. The Bertz CT molecular complexity index is 329. The fourth-order valence-electron chi connectivity index (χ4n) is 1.25. The van der Waals surface area contributed by atoms with Gasteiger partial charge in [-0.15, -0.1) is 0 Å². The minimum Gasteiger partial charge on any atom is -0.397 e. The maximum absolute atomic E-state index is 13.1. The first-order valence-electron chi connectivity index (χ1n) is 5.02. The van der Waals surface area contributed by atoms with Crippen molar-refractivity contribution in [3.8, 4) is 0 Å². The number of hydrogen-bond donors (Lipinski definition) is 2. The standard InChI is InChI=1S/C11H17FN2O/c1-3-15-5-4-14-11-6-8(2)9(12)7-10(11)13/h6-7,14H,3-5,13H2,1-2H3. The lowest BCUT2D eigenvalue weighted by Crippen LogP contribution is -2.11. The minimum absolute atomic E-state index is 0.275. The van der Waals surface area contributed by atoms with Crippen LogP contribution in [0.3, 0.4) is 0 Å². The molecule has 0 saturated carbocycles. The van der Waals surface area contributed by atoms with E-state index in [2.05, 4.69) is 5.32 Å². The van der Waals surface area contributed by atoms with Gasteiger partial charge in [-0.1, -0.05) is 0 Å². The molecule has 3 nitrogen and oxygen atoms in total. The van der Waals surface area contributed by atoms with Gasteiger partial charge >= 0.3 is 0 Å². The van der Waals surface area contributed by atoms with Crippen molar-refractivity contribution in [1.29, 1.82) is 0 Å². The molecule has 0 spiro atoms. The number of benzene rings is 1. The normalized spacial score (nSPS) is 10.3. The highest BCUT2D eigenvalue weighted by Gasteiger charge is 2.03. The molecule has 0 radical (unpaired) electrons. The average molecular weight is 212 g/mol. The zero-order valence-electron chi connectivity index (χ0n) is 9.14. The topological polar surface area (TPSA) is 47.3 Å². The summed E-state index contributed by atoms with van der Waals surface area (Å²) in [6.45, 7) is 5.63. The van der Waals surface area contributed by atoms with Crippen molar-refractivity contribution in [3.05, 3.63) is 23.5 Å². The largest absolute Gasteiger partial charge is 0.397 e. The third-order valence-corrected chi connectivity index (χ3v) is 2.10. The van der Waals surface area contributed by atoms with Crippen molar-refractivity contribution in [2.45, 2.75) is 13.8 Å². The molecule has 0 atom stereocenters. The molecule has 3 N–H and O–H groups in total. The third-order valence-electron chi connectivity index (χ3n) is 2.10. The van der Waals surface area contributed by atoms with Crippen LogP contribution in [0.1, 0.15) is 12.5 Å². The summed E-state index contributed by atoms with van der Waals surface area (Å²) in [7, 11) is 0. The maximum Gasteiger partial charge on any atom is 0.128 e. The molecule has 0 aromatic heterocycles. The van der Waals surface area contributed by atoms with Crippen molar-refractivity contribution in [3.63, 3.8) is 0 Å². The molecule has 0 saturated heterocycles. The van der Waals surface area contributed by atoms with Gasteiger partial charge in [-0.2, -0.15) is 0 Å². The highest BCUT2D eigenvalue weighted by atomic mass is 19.1. The second kappa shape index (κ2) is 5.56. The monoisotopic (exact) mass is 212 g/mol. The van der Waals surface area contributed by atoms with Gasteiger partial charge in [-0.25, -0.2) is 4.39 Å². The Morgan fingerprint density at radius 3 is 2.87 bits per heavy atom. The van der Waals surface area contributed by atoms with Crippen LogP contribution in [0.5, 0.6) is 0 Å². The van der Waals surface area contributed by atoms with Crippen LogP contribution in [0.25, 0.3) is 0 Å². The van der Waals surface area contributed by atoms with E-state index >= 15 is 0 Å². The molecule has 0 aliphatic rings. The molecule has 1 aromatic rings. The molecular formula is C11H17FN2O. The number of nitrogens with two attached hydrogens (primary N) is 1. The Balaban J connectivity index is 2.57. The van der Waals surface area contributed by atoms with Crippen molar-refractivity contribution < 1.29 is 9.13 Å². The van der Waals surface area contributed by atoms with E-state index in [1.165, 1.54) is 6.07 Å². The van der Waals surface area contributed by atoms with Crippen LogP contribution in [-0.2, 0) is 4.74 Å². The molecule has 0 amide bonds. The molecule has 0 aliphatic carbocycles. The lowest BCUT2D eigenvalue weighted by Gasteiger charge is -2.10. The van der Waals surface area contributed by atoms with E-state index < -0.39 is 0 Å². The van der Waals surface area contributed by atoms with Crippen LogP contribution in [0.15, 0.2) is 12.1 Å². The zero-order valence-corrected chi connectivity index (χ0v) is 9.14. The van der Waals surface area contributed by atoms with E-state index in [0.717, 1.165) is 5.69 Å². The Kier molecular flexibility index (Phi) is 4.37. The molecule has 0 bridgehead atoms. The van der Waals surface area contributed by atoms with Crippen molar-refractivity contribution in [2.24, 2.45) is 0 Å². The Morgan fingerprint density at radius 2 is 2.20 bits per heavy atom. The van der Waals surface area contributed by atoms with Gasteiger partial charge in [-0.05, 0) is 31.5 Å². The van der Waals surface area contributed by atoms with Gasteiger partial charge in [0.25, 0.3) is 0 Å². The van der Waals surface area contributed by atoms with Crippen LogP contribution in [0, 0.1) is 12.7 Å². The second-order valence-electron chi connectivity index (χ2n) is 3.31. The van der Waals surface area contributed by atoms with Crippen LogP contribution in [-0.4, -0.2) is 19.8 Å². The average Bonchev–Trinajstić information content (AvgIpc) is 2.20. The number of anilines is 2. The van der Waals surface area contributed by atoms with Crippen molar-refractivity contribution in [1.82, 2.24) is 0 Å². The second-order valence-corrected chi connectivity index (χ2v) is 3.31. The summed E-state index contributed by atoms with van der Waals surface area (Å²) in [4.78, 5) is 0. The Morgan fingerprint density at radius 1 is 1.47 bits per heavy atom. The highest BCUT2D eigenvalue weighted by Crippen LogP contribution is 2.22. The summed E-state index contributed by atoms with van der Waals surface area (Å²) in [5.41, 5.74) is 7.43. The minimum atomic E-state index is -0.275. The Labute approximate surface area is 89.4 Å².